The smallest absolute Gasteiger partial charge is 0.290 e. The van der Waals surface area contributed by atoms with Gasteiger partial charge in [-0.05, 0) is 24.7 Å². The molecule has 0 radical (unpaired) electrons. The van der Waals surface area contributed by atoms with Crippen molar-refractivity contribution in [3.05, 3.63) is 11.6 Å². The summed E-state index contributed by atoms with van der Waals surface area (Å²) in [7, 11) is 0. The molecule has 1 aliphatic rings. The number of rotatable bonds is 5. The Kier molecular flexibility index (Phi) is 3.62. The van der Waals surface area contributed by atoms with Crippen LogP contribution in [0.15, 0.2) is 0 Å². The van der Waals surface area contributed by atoms with E-state index in [2.05, 4.69) is 20.5 Å². The fourth-order valence-electron chi connectivity index (χ4n) is 1.97. The zero-order chi connectivity index (χ0) is 14.1. The van der Waals surface area contributed by atoms with Gasteiger partial charge in [0.1, 0.15) is 5.82 Å². The van der Waals surface area contributed by atoms with Gasteiger partial charge in [-0.25, -0.2) is 4.98 Å². The number of carbonyl (C=O) groups is 1. The van der Waals surface area contributed by atoms with E-state index in [-0.39, 0.29) is 29.2 Å². The lowest BCUT2D eigenvalue weighted by Crippen LogP contribution is -2.31. The summed E-state index contributed by atoms with van der Waals surface area (Å²) < 4.78 is 0. The molecule has 1 amide bonds. The normalized spacial score (nSPS) is 17.3. The van der Waals surface area contributed by atoms with Gasteiger partial charge in [0.15, 0.2) is 0 Å². The van der Waals surface area contributed by atoms with E-state index < -0.39 is 0 Å². The molecule has 0 saturated heterocycles. The summed E-state index contributed by atoms with van der Waals surface area (Å²) in [5, 5.41) is 18.6. The fourth-order valence-corrected chi connectivity index (χ4v) is 1.97. The van der Waals surface area contributed by atoms with Gasteiger partial charge in [-0.1, -0.05) is 20.8 Å². The topological polar surface area (TPSA) is 90.9 Å². The van der Waals surface area contributed by atoms with Crippen molar-refractivity contribution in [2.75, 3.05) is 13.2 Å². The molecule has 2 rings (SSSR count). The number of hydrogen-bond acceptors (Lipinski definition) is 4. The van der Waals surface area contributed by atoms with Crippen LogP contribution in [0.4, 0.5) is 0 Å². The molecule has 1 aliphatic carbocycles. The molecule has 0 aromatic carbocycles. The van der Waals surface area contributed by atoms with Crippen LogP contribution >= 0.6 is 0 Å². The summed E-state index contributed by atoms with van der Waals surface area (Å²) in [4.78, 5) is 16.2. The maximum Gasteiger partial charge on any atom is 0.290 e. The number of hydrogen-bond donors (Lipinski definition) is 3. The van der Waals surface area contributed by atoms with Crippen LogP contribution in [0.2, 0.25) is 0 Å². The van der Waals surface area contributed by atoms with Crippen molar-refractivity contribution in [1.29, 1.82) is 0 Å². The molecule has 0 unspecified atom stereocenters. The molecule has 1 aromatic heterocycles. The van der Waals surface area contributed by atoms with Gasteiger partial charge in [0.2, 0.25) is 5.82 Å². The van der Waals surface area contributed by atoms with E-state index in [9.17, 15) is 4.79 Å². The van der Waals surface area contributed by atoms with Crippen LogP contribution in [-0.4, -0.2) is 39.3 Å². The summed E-state index contributed by atoms with van der Waals surface area (Å²) in [6.45, 7) is 6.79. The molecule has 1 heterocycles. The number of aliphatic hydroxyl groups excluding tert-OH is 1. The van der Waals surface area contributed by atoms with Crippen molar-refractivity contribution in [2.45, 2.75) is 45.4 Å². The quantitative estimate of drug-likeness (QED) is 0.741. The lowest BCUT2D eigenvalue weighted by molar-refractivity contribution is 0.0930. The van der Waals surface area contributed by atoms with E-state index >= 15 is 0 Å². The number of aliphatic hydroxyl groups is 1. The minimum atomic E-state index is -0.254. The molecular formula is C13H22N4O2. The molecule has 6 nitrogen and oxygen atoms in total. The van der Waals surface area contributed by atoms with E-state index in [0.29, 0.717) is 12.4 Å². The summed E-state index contributed by atoms with van der Waals surface area (Å²) in [5.41, 5.74) is -0.0479. The first kappa shape index (κ1) is 14.0. The Balaban J connectivity index is 1.92. The molecule has 0 bridgehead atoms. The van der Waals surface area contributed by atoms with Crippen LogP contribution in [0.5, 0.6) is 0 Å². The van der Waals surface area contributed by atoms with Crippen molar-refractivity contribution < 1.29 is 9.90 Å². The van der Waals surface area contributed by atoms with E-state index in [4.69, 9.17) is 5.11 Å². The third-order valence-corrected chi connectivity index (χ3v) is 3.62. The number of aromatic amines is 1. The first-order valence-electron chi connectivity index (χ1n) is 6.68. The number of carbonyl (C=O) groups excluding carboxylic acids is 1. The first-order valence-corrected chi connectivity index (χ1v) is 6.68. The molecule has 0 spiro atoms. The molecule has 0 atom stereocenters. The predicted molar refractivity (Wildman–Crippen MR) is 70.8 cm³/mol. The summed E-state index contributed by atoms with van der Waals surface area (Å²) in [6.07, 6.45) is 2.87. The standard InChI is InChI=1S/C13H22N4O2/c1-12(2,3)11-15-9(16-17-11)10(19)14-8-13(4-5-13)6-7-18/h18H,4-8H2,1-3H3,(H,14,19)(H,15,16,17). The molecule has 106 valence electrons. The number of nitrogens with one attached hydrogen (secondary N) is 2. The number of amides is 1. The van der Waals surface area contributed by atoms with E-state index in [1.807, 2.05) is 20.8 Å². The average Bonchev–Trinajstić information content (AvgIpc) is 2.91. The number of nitrogens with zero attached hydrogens (tertiary/aromatic N) is 2. The fraction of sp³-hybridized carbons (Fsp3) is 0.769. The van der Waals surface area contributed by atoms with Crippen LogP contribution in [0.1, 0.15) is 56.5 Å². The SMILES string of the molecule is CC(C)(C)c1nc(C(=O)NCC2(CCO)CC2)n[nH]1. The Morgan fingerprint density at radius 1 is 1.47 bits per heavy atom. The van der Waals surface area contributed by atoms with Gasteiger partial charge in [-0.15, -0.1) is 5.10 Å². The second kappa shape index (κ2) is 4.92. The van der Waals surface area contributed by atoms with Crippen molar-refractivity contribution in [3.8, 4) is 0 Å². The highest BCUT2D eigenvalue weighted by Gasteiger charge is 2.42. The van der Waals surface area contributed by atoms with Crippen molar-refractivity contribution in [1.82, 2.24) is 20.5 Å². The maximum absolute atomic E-state index is 11.9. The van der Waals surface area contributed by atoms with Gasteiger partial charge in [-0.2, -0.15) is 0 Å². The third-order valence-electron chi connectivity index (χ3n) is 3.62. The summed E-state index contributed by atoms with van der Waals surface area (Å²) in [5.74, 6) is 0.634. The molecule has 1 aromatic rings. The highest BCUT2D eigenvalue weighted by Crippen LogP contribution is 2.47. The molecule has 1 saturated carbocycles. The van der Waals surface area contributed by atoms with Gasteiger partial charge >= 0.3 is 0 Å². The van der Waals surface area contributed by atoms with Gasteiger partial charge in [0, 0.05) is 18.6 Å². The Bertz CT molecular complexity index is 457. The predicted octanol–water partition coefficient (Wildman–Crippen LogP) is 0.995. The lowest BCUT2D eigenvalue weighted by Gasteiger charge is -2.14. The van der Waals surface area contributed by atoms with Crippen LogP contribution in [0.3, 0.4) is 0 Å². The Labute approximate surface area is 113 Å². The number of aromatic nitrogens is 3. The highest BCUT2D eigenvalue weighted by atomic mass is 16.3. The van der Waals surface area contributed by atoms with Gasteiger partial charge in [0.25, 0.3) is 5.91 Å². The average molecular weight is 266 g/mol. The maximum atomic E-state index is 11.9. The summed E-state index contributed by atoms with van der Waals surface area (Å²) in [6, 6.07) is 0. The second-order valence-corrected chi connectivity index (χ2v) is 6.41. The van der Waals surface area contributed by atoms with Crippen molar-refractivity contribution in [2.24, 2.45) is 5.41 Å². The molecule has 0 aliphatic heterocycles. The van der Waals surface area contributed by atoms with Crippen molar-refractivity contribution in [3.63, 3.8) is 0 Å². The van der Waals surface area contributed by atoms with E-state index in [0.717, 1.165) is 19.3 Å². The largest absolute Gasteiger partial charge is 0.396 e. The Morgan fingerprint density at radius 2 is 2.16 bits per heavy atom. The zero-order valence-electron chi connectivity index (χ0n) is 11.8. The molecule has 1 fully saturated rings. The lowest BCUT2D eigenvalue weighted by atomic mass is 9.96. The number of H-pyrrole nitrogens is 1. The monoisotopic (exact) mass is 266 g/mol. The van der Waals surface area contributed by atoms with Crippen molar-refractivity contribution >= 4 is 5.91 Å². The van der Waals surface area contributed by atoms with Crippen LogP contribution in [0.25, 0.3) is 0 Å². The van der Waals surface area contributed by atoms with E-state index in [1.165, 1.54) is 0 Å². The Morgan fingerprint density at radius 3 is 2.63 bits per heavy atom. The van der Waals surface area contributed by atoms with Crippen LogP contribution in [0, 0.1) is 5.41 Å². The van der Waals surface area contributed by atoms with Gasteiger partial charge in [-0.3, -0.25) is 9.89 Å². The highest BCUT2D eigenvalue weighted by molar-refractivity contribution is 5.90. The minimum absolute atomic E-state index is 0.105. The molecule has 19 heavy (non-hydrogen) atoms. The first-order chi connectivity index (χ1) is 8.86. The molecule has 3 N–H and O–H groups in total. The Hall–Kier alpha value is -1.43. The van der Waals surface area contributed by atoms with Gasteiger partial charge in [0.05, 0.1) is 0 Å². The minimum Gasteiger partial charge on any atom is -0.396 e. The van der Waals surface area contributed by atoms with Crippen LogP contribution in [-0.2, 0) is 5.41 Å². The molecular weight excluding hydrogens is 244 g/mol. The zero-order valence-corrected chi connectivity index (χ0v) is 11.8. The van der Waals surface area contributed by atoms with Gasteiger partial charge < -0.3 is 10.4 Å². The summed E-state index contributed by atoms with van der Waals surface area (Å²) >= 11 is 0. The molecule has 6 heteroatoms. The third kappa shape index (κ3) is 3.32. The second-order valence-electron chi connectivity index (χ2n) is 6.41. The van der Waals surface area contributed by atoms with Crippen LogP contribution < -0.4 is 5.32 Å². The van der Waals surface area contributed by atoms with E-state index in [1.54, 1.807) is 0 Å².